The lowest BCUT2D eigenvalue weighted by atomic mass is 10.4. The van der Waals surface area contributed by atoms with Gasteiger partial charge in [-0.1, -0.05) is 11.3 Å². The minimum absolute atomic E-state index is 0.538. The average molecular weight is 195 g/mol. The lowest BCUT2D eigenvalue weighted by Gasteiger charge is -1.99. The highest BCUT2D eigenvalue weighted by molar-refractivity contribution is 7.21. The van der Waals surface area contributed by atoms with Crippen molar-refractivity contribution in [2.24, 2.45) is 0 Å². The normalized spacial score (nSPS) is 10.5. The molecule has 0 bridgehead atoms. The summed E-state index contributed by atoms with van der Waals surface area (Å²) in [6, 6.07) is 1.85. The Morgan fingerprint density at radius 2 is 2.46 bits per heavy atom. The third-order valence-corrected chi connectivity index (χ3v) is 2.36. The van der Waals surface area contributed by atoms with E-state index < -0.39 is 0 Å². The summed E-state index contributed by atoms with van der Waals surface area (Å²) in [5.74, 6) is 0.736. The van der Waals surface area contributed by atoms with Gasteiger partial charge < -0.3 is 10.5 Å². The summed E-state index contributed by atoms with van der Waals surface area (Å²) in [6.07, 6.45) is 1.68. The molecule has 4 nitrogen and oxygen atoms in total. The fraction of sp³-hybridized carbons (Fsp3) is 0.250. The van der Waals surface area contributed by atoms with Gasteiger partial charge >= 0.3 is 0 Å². The maximum absolute atomic E-state index is 5.54. The van der Waals surface area contributed by atoms with Crippen molar-refractivity contribution in [2.45, 2.75) is 6.92 Å². The first-order valence-corrected chi connectivity index (χ1v) is 4.76. The Hall–Kier alpha value is -1.36. The lowest BCUT2D eigenvalue weighted by molar-refractivity contribution is 0.339. The van der Waals surface area contributed by atoms with E-state index in [2.05, 4.69) is 9.97 Å². The average Bonchev–Trinajstić information content (AvgIpc) is 2.44. The van der Waals surface area contributed by atoms with Crippen LogP contribution in [0.2, 0.25) is 0 Å². The van der Waals surface area contributed by atoms with Crippen molar-refractivity contribution in [1.29, 1.82) is 0 Å². The third-order valence-electron chi connectivity index (χ3n) is 1.55. The number of fused-ring (bicyclic) bond motifs is 1. The molecule has 2 N–H and O–H groups in total. The van der Waals surface area contributed by atoms with Gasteiger partial charge in [-0.25, -0.2) is 9.97 Å². The lowest BCUT2D eigenvalue weighted by Crippen LogP contribution is -1.91. The molecule has 5 heteroatoms. The molecule has 0 amide bonds. The highest BCUT2D eigenvalue weighted by Crippen LogP contribution is 2.24. The minimum atomic E-state index is 0.538. The zero-order valence-corrected chi connectivity index (χ0v) is 7.97. The van der Waals surface area contributed by atoms with Crippen LogP contribution in [0.4, 0.5) is 5.13 Å². The van der Waals surface area contributed by atoms with E-state index in [4.69, 9.17) is 10.5 Å². The fourth-order valence-corrected chi connectivity index (χ4v) is 1.72. The minimum Gasteiger partial charge on any atom is -0.492 e. The van der Waals surface area contributed by atoms with E-state index in [1.165, 1.54) is 11.3 Å². The number of nitrogens with zero attached hydrogens (tertiary/aromatic N) is 2. The number of anilines is 1. The molecule has 68 valence electrons. The first-order valence-electron chi connectivity index (χ1n) is 3.94. The van der Waals surface area contributed by atoms with Crippen molar-refractivity contribution in [3.8, 4) is 5.75 Å². The maximum atomic E-state index is 5.54. The van der Waals surface area contributed by atoms with Crippen LogP contribution in [0.1, 0.15) is 6.92 Å². The molecule has 0 aliphatic heterocycles. The number of aromatic nitrogens is 2. The molecule has 0 aliphatic rings. The molecule has 2 heterocycles. The molecular weight excluding hydrogens is 186 g/mol. The second kappa shape index (κ2) is 3.18. The van der Waals surface area contributed by atoms with E-state index in [1.807, 2.05) is 13.0 Å². The van der Waals surface area contributed by atoms with Gasteiger partial charge in [0.25, 0.3) is 0 Å². The van der Waals surface area contributed by atoms with E-state index >= 15 is 0 Å². The standard InChI is InChI=1S/C8H9N3OS/c1-2-12-5-3-6-7(10-4-5)13-8(9)11-6/h3-4H,2H2,1H3,(H2,9,11). The first-order chi connectivity index (χ1) is 6.29. The van der Waals surface area contributed by atoms with Crippen LogP contribution in [-0.4, -0.2) is 16.6 Å². The number of rotatable bonds is 2. The van der Waals surface area contributed by atoms with Crippen LogP contribution >= 0.6 is 11.3 Å². The number of hydrogen-bond donors (Lipinski definition) is 1. The van der Waals surface area contributed by atoms with Crippen molar-refractivity contribution in [3.05, 3.63) is 12.3 Å². The van der Waals surface area contributed by atoms with Gasteiger partial charge in [-0.05, 0) is 6.92 Å². The van der Waals surface area contributed by atoms with Gasteiger partial charge in [-0.3, -0.25) is 0 Å². The second-order valence-corrected chi connectivity index (χ2v) is 3.49. The van der Waals surface area contributed by atoms with E-state index in [9.17, 15) is 0 Å². The monoisotopic (exact) mass is 195 g/mol. The van der Waals surface area contributed by atoms with Gasteiger partial charge in [-0.2, -0.15) is 0 Å². The summed E-state index contributed by atoms with van der Waals surface area (Å²) in [7, 11) is 0. The molecule has 2 aromatic rings. The predicted octanol–water partition coefficient (Wildman–Crippen LogP) is 1.67. The number of hydrogen-bond acceptors (Lipinski definition) is 5. The number of nitrogen functional groups attached to an aromatic ring is 1. The Kier molecular flexibility index (Phi) is 2.02. The predicted molar refractivity (Wildman–Crippen MR) is 53.0 cm³/mol. The van der Waals surface area contributed by atoms with Crippen molar-refractivity contribution in [2.75, 3.05) is 12.3 Å². The zero-order chi connectivity index (χ0) is 9.26. The highest BCUT2D eigenvalue weighted by Gasteiger charge is 2.03. The molecule has 2 rings (SSSR count). The Balaban J connectivity index is 2.48. The molecule has 0 saturated heterocycles. The molecule has 0 radical (unpaired) electrons. The Bertz CT molecular complexity index is 426. The van der Waals surface area contributed by atoms with E-state index in [0.717, 1.165) is 16.1 Å². The maximum Gasteiger partial charge on any atom is 0.182 e. The third kappa shape index (κ3) is 1.55. The summed E-state index contributed by atoms with van der Waals surface area (Å²) in [6.45, 7) is 2.56. The van der Waals surface area contributed by atoms with E-state index in [-0.39, 0.29) is 0 Å². The Morgan fingerprint density at radius 1 is 1.62 bits per heavy atom. The summed E-state index contributed by atoms with van der Waals surface area (Å²) in [4.78, 5) is 9.13. The van der Waals surface area contributed by atoms with Crippen LogP contribution in [0.15, 0.2) is 12.3 Å². The quantitative estimate of drug-likeness (QED) is 0.791. The van der Waals surface area contributed by atoms with Crippen LogP contribution in [0.25, 0.3) is 10.3 Å². The van der Waals surface area contributed by atoms with Crippen molar-refractivity contribution < 1.29 is 4.74 Å². The molecule has 0 unspecified atom stereocenters. The van der Waals surface area contributed by atoms with Gasteiger partial charge in [0.05, 0.1) is 12.8 Å². The summed E-state index contributed by atoms with van der Waals surface area (Å²) < 4.78 is 5.28. The van der Waals surface area contributed by atoms with Crippen LogP contribution in [0.5, 0.6) is 5.75 Å². The van der Waals surface area contributed by atoms with Crippen molar-refractivity contribution in [3.63, 3.8) is 0 Å². The molecule has 0 fully saturated rings. The SMILES string of the molecule is CCOc1cnc2sc(N)nc2c1. The smallest absolute Gasteiger partial charge is 0.182 e. The second-order valence-electron chi connectivity index (χ2n) is 2.48. The molecule has 2 aromatic heterocycles. The number of pyridine rings is 1. The number of ether oxygens (including phenoxy) is 1. The summed E-state index contributed by atoms with van der Waals surface area (Å²) >= 11 is 1.38. The summed E-state index contributed by atoms with van der Waals surface area (Å²) in [5.41, 5.74) is 6.34. The topological polar surface area (TPSA) is 61.0 Å². The van der Waals surface area contributed by atoms with Gasteiger partial charge in [0.2, 0.25) is 0 Å². The number of thiazole rings is 1. The molecule has 0 aromatic carbocycles. The van der Waals surface area contributed by atoms with Gasteiger partial charge in [0, 0.05) is 6.07 Å². The Labute approximate surface area is 79.4 Å². The zero-order valence-electron chi connectivity index (χ0n) is 7.15. The van der Waals surface area contributed by atoms with Gasteiger partial charge in [0.15, 0.2) is 5.13 Å². The molecule has 0 atom stereocenters. The number of nitrogens with two attached hydrogens (primary N) is 1. The molecule has 0 spiro atoms. The summed E-state index contributed by atoms with van der Waals surface area (Å²) in [5, 5.41) is 0.538. The van der Waals surface area contributed by atoms with E-state index in [1.54, 1.807) is 6.20 Å². The first kappa shape index (κ1) is 8.25. The van der Waals surface area contributed by atoms with Crippen LogP contribution in [0, 0.1) is 0 Å². The van der Waals surface area contributed by atoms with E-state index in [0.29, 0.717) is 11.7 Å². The molecule has 0 aliphatic carbocycles. The largest absolute Gasteiger partial charge is 0.492 e. The van der Waals surface area contributed by atoms with Crippen molar-refractivity contribution in [1.82, 2.24) is 9.97 Å². The molecule has 13 heavy (non-hydrogen) atoms. The van der Waals surface area contributed by atoms with Crippen molar-refractivity contribution >= 4 is 26.8 Å². The van der Waals surface area contributed by atoms with Gasteiger partial charge in [-0.15, -0.1) is 0 Å². The van der Waals surface area contributed by atoms with Crippen LogP contribution < -0.4 is 10.5 Å². The van der Waals surface area contributed by atoms with Crippen LogP contribution in [0.3, 0.4) is 0 Å². The Morgan fingerprint density at radius 3 is 3.23 bits per heavy atom. The molecule has 0 saturated carbocycles. The molecular formula is C8H9N3OS. The highest BCUT2D eigenvalue weighted by atomic mass is 32.1. The fourth-order valence-electron chi connectivity index (χ4n) is 1.07. The van der Waals surface area contributed by atoms with Crippen LogP contribution in [-0.2, 0) is 0 Å². The van der Waals surface area contributed by atoms with Gasteiger partial charge in [0.1, 0.15) is 16.1 Å².